The highest BCUT2D eigenvalue weighted by Gasteiger charge is 2.25. The number of nitrogens with zero attached hydrogens (tertiary/aromatic N) is 2. The van der Waals surface area contributed by atoms with Gasteiger partial charge in [-0.25, -0.2) is 9.97 Å². The SMILES string of the molecule is O=C(N[C@@H]1CCOC[C@H]1O)c1cnc(Nc2ccccc2)nc1. The molecule has 1 amide bonds. The monoisotopic (exact) mass is 314 g/mol. The van der Waals surface area contributed by atoms with Gasteiger partial charge in [0.2, 0.25) is 5.95 Å². The van der Waals surface area contributed by atoms with E-state index in [0.29, 0.717) is 24.5 Å². The molecule has 1 saturated heterocycles. The lowest BCUT2D eigenvalue weighted by Gasteiger charge is -2.28. The fourth-order valence-corrected chi connectivity index (χ4v) is 2.30. The molecule has 7 nitrogen and oxygen atoms in total. The molecule has 120 valence electrons. The van der Waals surface area contributed by atoms with E-state index in [9.17, 15) is 9.90 Å². The average molecular weight is 314 g/mol. The lowest BCUT2D eigenvalue weighted by Crippen LogP contribution is -2.48. The van der Waals surface area contributed by atoms with Gasteiger partial charge < -0.3 is 20.5 Å². The second-order valence-electron chi connectivity index (χ2n) is 5.30. The summed E-state index contributed by atoms with van der Waals surface area (Å²) in [6, 6.07) is 9.22. The van der Waals surface area contributed by atoms with Crippen LogP contribution in [0.1, 0.15) is 16.8 Å². The van der Waals surface area contributed by atoms with Crippen LogP contribution >= 0.6 is 0 Å². The molecular formula is C16H18N4O3. The van der Waals surface area contributed by atoms with Crippen molar-refractivity contribution in [2.24, 2.45) is 0 Å². The van der Waals surface area contributed by atoms with E-state index in [1.165, 1.54) is 12.4 Å². The second-order valence-corrected chi connectivity index (χ2v) is 5.30. The average Bonchev–Trinajstić information content (AvgIpc) is 2.58. The maximum Gasteiger partial charge on any atom is 0.254 e. The molecule has 0 aliphatic carbocycles. The highest BCUT2D eigenvalue weighted by Crippen LogP contribution is 2.12. The number of benzene rings is 1. The zero-order valence-electron chi connectivity index (χ0n) is 12.5. The van der Waals surface area contributed by atoms with E-state index in [0.717, 1.165) is 5.69 Å². The Bertz CT molecular complexity index is 648. The molecule has 1 aromatic carbocycles. The minimum atomic E-state index is -0.687. The molecule has 1 aliphatic heterocycles. The number of hydrogen-bond donors (Lipinski definition) is 3. The number of amides is 1. The summed E-state index contributed by atoms with van der Waals surface area (Å²) in [5, 5.41) is 15.6. The van der Waals surface area contributed by atoms with Crippen LogP contribution in [0.2, 0.25) is 0 Å². The maximum atomic E-state index is 12.2. The van der Waals surface area contributed by atoms with Gasteiger partial charge in [0, 0.05) is 24.7 Å². The van der Waals surface area contributed by atoms with Crippen molar-refractivity contribution < 1.29 is 14.6 Å². The van der Waals surface area contributed by atoms with Crippen molar-refractivity contribution in [2.45, 2.75) is 18.6 Å². The Morgan fingerprint density at radius 1 is 1.22 bits per heavy atom. The number of aliphatic hydroxyl groups is 1. The molecule has 3 rings (SSSR count). The van der Waals surface area contributed by atoms with Crippen molar-refractivity contribution in [1.29, 1.82) is 0 Å². The van der Waals surface area contributed by atoms with Gasteiger partial charge in [0.15, 0.2) is 0 Å². The van der Waals surface area contributed by atoms with Gasteiger partial charge in [-0.2, -0.15) is 0 Å². The molecule has 2 atom stereocenters. The normalized spacial score (nSPS) is 20.7. The Morgan fingerprint density at radius 3 is 2.65 bits per heavy atom. The molecular weight excluding hydrogens is 296 g/mol. The van der Waals surface area contributed by atoms with Gasteiger partial charge in [-0.1, -0.05) is 18.2 Å². The standard InChI is InChI=1S/C16H18N4O3/c21-14-10-23-7-6-13(14)20-15(22)11-8-17-16(18-9-11)19-12-4-2-1-3-5-12/h1-5,8-9,13-14,21H,6-7,10H2,(H,20,22)(H,17,18,19)/t13-,14-/m1/s1. The highest BCUT2D eigenvalue weighted by molar-refractivity contribution is 5.93. The Hall–Kier alpha value is -2.51. The van der Waals surface area contributed by atoms with E-state index in [4.69, 9.17) is 4.74 Å². The summed E-state index contributed by atoms with van der Waals surface area (Å²) in [7, 11) is 0. The number of rotatable bonds is 4. The Labute approximate surface area is 133 Å². The molecule has 23 heavy (non-hydrogen) atoms. The van der Waals surface area contributed by atoms with E-state index in [-0.39, 0.29) is 18.6 Å². The summed E-state index contributed by atoms with van der Waals surface area (Å²) in [6.07, 6.45) is 2.81. The van der Waals surface area contributed by atoms with Crippen LogP contribution in [0.5, 0.6) is 0 Å². The minimum absolute atomic E-state index is 0.237. The number of para-hydroxylation sites is 1. The number of aromatic nitrogens is 2. The van der Waals surface area contributed by atoms with Crippen LogP contribution in [0.15, 0.2) is 42.7 Å². The number of aliphatic hydroxyl groups excluding tert-OH is 1. The van der Waals surface area contributed by atoms with Gasteiger partial charge >= 0.3 is 0 Å². The van der Waals surface area contributed by atoms with Crippen molar-refractivity contribution in [3.63, 3.8) is 0 Å². The van der Waals surface area contributed by atoms with Gasteiger partial charge in [-0.05, 0) is 18.6 Å². The first-order valence-electron chi connectivity index (χ1n) is 7.43. The Kier molecular flexibility index (Phi) is 4.80. The van der Waals surface area contributed by atoms with E-state index in [2.05, 4.69) is 20.6 Å². The van der Waals surface area contributed by atoms with Gasteiger partial charge in [-0.3, -0.25) is 4.79 Å². The molecule has 2 heterocycles. The fraction of sp³-hybridized carbons (Fsp3) is 0.312. The number of anilines is 2. The number of hydrogen-bond acceptors (Lipinski definition) is 6. The van der Waals surface area contributed by atoms with Gasteiger partial charge in [0.05, 0.1) is 24.3 Å². The lowest BCUT2D eigenvalue weighted by atomic mass is 10.1. The molecule has 0 saturated carbocycles. The van der Waals surface area contributed by atoms with Crippen LogP contribution in [0.3, 0.4) is 0 Å². The van der Waals surface area contributed by atoms with Crippen LogP contribution in [0, 0.1) is 0 Å². The highest BCUT2D eigenvalue weighted by atomic mass is 16.5. The zero-order chi connectivity index (χ0) is 16.1. The number of ether oxygens (including phenoxy) is 1. The smallest absolute Gasteiger partial charge is 0.254 e. The maximum absolute atomic E-state index is 12.2. The Balaban J connectivity index is 1.61. The van der Waals surface area contributed by atoms with Crippen molar-refractivity contribution in [3.05, 3.63) is 48.3 Å². The van der Waals surface area contributed by atoms with E-state index >= 15 is 0 Å². The molecule has 1 aromatic heterocycles. The predicted octanol–water partition coefficient (Wildman–Crippen LogP) is 1.10. The Morgan fingerprint density at radius 2 is 1.96 bits per heavy atom. The number of carbonyl (C=O) groups is 1. The first kappa shape index (κ1) is 15.4. The van der Waals surface area contributed by atoms with Crippen molar-refractivity contribution in [1.82, 2.24) is 15.3 Å². The fourth-order valence-electron chi connectivity index (χ4n) is 2.30. The third-order valence-corrected chi connectivity index (χ3v) is 3.59. The first-order chi connectivity index (χ1) is 11.2. The molecule has 0 bridgehead atoms. The van der Waals surface area contributed by atoms with E-state index in [1.54, 1.807) is 0 Å². The zero-order valence-corrected chi connectivity index (χ0v) is 12.5. The van der Waals surface area contributed by atoms with Crippen molar-refractivity contribution in [2.75, 3.05) is 18.5 Å². The van der Waals surface area contributed by atoms with E-state index in [1.807, 2.05) is 30.3 Å². The topological polar surface area (TPSA) is 96.4 Å². The number of nitrogens with one attached hydrogen (secondary N) is 2. The second kappa shape index (κ2) is 7.17. The third-order valence-electron chi connectivity index (χ3n) is 3.59. The summed E-state index contributed by atoms with van der Waals surface area (Å²) in [5.74, 6) is 0.112. The minimum Gasteiger partial charge on any atom is -0.389 e. The molecule has 3 N–H and O–H groups in total. The van der Waals surface area contributed by atoms with E-state index < -0.39 is 6.10 Å². The van der Waals surface area contributed by atoms with Crippen LogP contribution in [0.25, 0.3) is 0 Å². The summed E-state index contributed by atoms with van der Waals surface area (Å²) in [4.78, 5) is 20.4. The largest absolute Gasteiger partial charge is 0.389 e. The van der Waals surface area contributed by atoms with Gasteiger partial charge in [-0.15, -0.1) is 0 Å². The van der Waals surface area contributed by atoms with Gasteiger partial charge in [0.1, 0.15) is 0 Å². The quantitative estimate of drug-likeness (QED) is 0.782. The molecule has 0 unspecified atom stereocenters. The molecule has 7 heteroatoms. The van der Waals surface area contributed by atoms with Crippen LogP contribution < -0.4 is 10.6 Å². The third kappa shape index (κ3) is 4.02. The number of carbonyl (C=O) groups excluding carboxylic acids is 1. The van der Waals surface area contributed by atoms with Crippen molar-refractivity contribution >= 4 is 17.5 Å². The summed E-state index contributed by atoms with van der Waals surface area (Å²) < 4.78 is 5.14. The molecule has 1 fully saturated rings. The summed E-state index contributed by atoms with van der Waals surface area (Å²) >= 11 is 0. The van der Waals surface area contributed by atoms with Crippen LogP contribution in [0.4, 0.5) is 11.6 Å². The van der Waals surface area contributed by atoms with Crippen molar-refractivity contribution in [3.8, 4) is 0 Å². The molecule has 0 radical (unpaired) electrons. The molecule has 0 spiro atoms. The first-order valence-corrected chi connectivity index (χ1v) is 7.43. The van der Waals surface area contributed by atoms with Crippen LogP contribution in [-0.2, 0) is 4.74 Å². The van der Waals surface area contributed by atoms with Crippen LogP contribution in [-0.4, -0.2) is 46.3 Å². The predicted molar refractivity (Wildman–Crippen MR) is 84.5 cm³/mol. The summed E-state index contributed by atoms with van der Waals surface area (Å²) in [6.45, 7) is 0.764. The van der Waals surface area contributed by atoms with Gasteiger partial charge in [0.25, 0.3) is 5.91 Å². The molecule has 2 aromatic rings. The lowest BCUT2D eigenvalue weighted by molar-refractivity contribution is -0.0260. The molecule has 1 aliphatic rings. The summed E-state index contributed by atoms with van der Waals surface area (Å²) in [5.41, 5.74) is 1.22.